The molecule has 2 aliphatic heterocycles. The number of amides is 2. The normalized spacial score (nSPS) is 17.4. The first-order valence-electron chi connectivity index (χ1n) is 10.1. The monoisotopic (exact) mass is 411 g/mol. The number of pyridine rings is 1. The van der Waals surface area contributed by atoms with Gasteiger partial charge in [-0.1, -0.05) is 12.1 Å². The molecule has 1 unspecified atom stereocenters. The molecule has 2 amide bonds. The van der Waals surface area contributed by atoms with Crippen molar-refractivity contribution in [3.8, 4) is 17.4 Å². The molecule has 3 heterocycles. The zero-order valence-corrected chi connectivity index (χ0v) is 16.9. The molecule has 2 aliphatic rings. The van der Waals surface area contributed by atoms with Crippen LogP contribution in [0.25, 0.3) is 0 Å². The van der Waals surface area contributed by atoms with Gasteiger partial charge in [-0.15, -0.1) is 0 Å². The molecule has 0 aliphatic carbocycles. The number of nitrogens with zero attached hydrogens (tertiary/aromatic N) is 2. The first kappa shape index (κ1) is 20.2. The third-order valence-electron chi connectivity index (χ3n) is 5.27. The Kier molecular flexibility index (Phi) is 6.13. The number of aromatic nitrogens is 1. The fourth-order valence-electron chi connectivity index (χ4n) is 3.68. The van der Waals surface area contributed by atoms with E-state index in [4.69, 9.17) is 14.2 Å². The van der Waals surface area contributed by atoms with Crippen LogP contribution in [-0.2, 0) is 20.9 Å². The zero-order chi connectivity index (χ0) is 20.9. The second kappa shape index (κ2) is 9.13. The van der Waals surface area contributed by atoms with Crippen molar-refractivity contribution in [2.24, 2.45) is 0 Å². The van der Waals surface area contributed by atoms with Crippen molar-refractivity contribution in [3.05, 3.63) is 42.1 Å². The Labute approximate surface area is 175 Å². The minimum Gasteiger partial charge on any atom is -0.493 e. The average Bonchev–Trinajstić information content (AvgIpc) is 3.23. The van der Waals surface area contributed by atoms with E-state index in [0.717, 1.165) is 25.0 Å². The molecule has 1 aromatic heterocycles. The van der Waals surface area contributed by atoms with Gasteiger partial charge < -0.3 is 24.4 Å². The van der Waals surface area contributed by atoms with E-state index in [1.165, 1.54) is 0 Å². The lowest BCUT2D eigenvalue weighted by Gasteiger charge is -2.21. The van der Waals surface area contributed by atoms with Crippen molar-refractivity contribution in [2.75, 3.05) is 25.2 Å². The summed E-state index contributed by atoms with van der Waals surface area (Å²) in [5, 5.41) is 2.86. The molecule has 1 saturated heterocycles. The van der Waals surface area contributed by atoms with Crippen LogP contribution in [0.15, 0.2) is 36.5 Å². The molecule has 1 atom stereocenters. The summed E-state index contributed by atoms with van der Waals surface area (Å²) in [4.78, 5) is 31.1. The van der Waals surface area contributed by atoms with Crippen LogP contribution in [0.2, 0.25) is 0 Å². The number of hydrogen-bond acceptors (Lipinski definition) is 6. The van der Waals surface area contributed by atoms with E-state index in [1.807, 2.05) is 12.1 Å². The van der Waals surface area contributed by atoms with Gasteiger partial charge in [0.25, 0.3) is 0 Å². The van der Waals surface area contributed by atoms with E-state index in [1.54, 1.807) is 36.4 Å². The van der Waals surface area contributed by atoms with E-state index in [0.29, 0.717) is 36.2 Å². The third-order valence-corrected chi connectivity index (χ3v) is 5.27. The Hall–Kier alpha value is -3.13. The van der Waals surface area contributed by atoms with E-state index in [-0.39, 0.29) is 30.8 Å². The molecule has 0 spiro atoms. The Balaban J connectivity index is 1.46. The molecule has 158 valence electrons. The predicted molar refractivity (Wildman–Crippen MR) is 110 cm³/mol. The maximum atomic E-state index is 13.0. The zero-order valence-electron chi connectivity index (χ0n) is 16.9. The quantitative estimate of drug-likeness (QED) is 0.786. The van der Waals surface area contributed by atoms with E-state index < -0.39 is 0 Å². The number of fused-ring (bicyclic) bond motifs is 2. The summed E-state index contributed by atoms with van der Waals surface area (Å²) in [6.45, 7) is 1.54. The van der Waals surface area contributed by atoms with Crippen molar-refractivity contribution >= 4 is 17.5 Å². The highest BCUT2D eigenvalue weighted by Gasteiger charge is 2.28. The van der Waals surface area contributed by atoms with Crippen LogP contribution in [0, 0.1) is 0 Å². The van der Waals surface area contributed by atoms with Gasteiger partial charge >= 0.3 is 0 Å². The van der Waals surface area contributed by atoms with Crippen LogP contribution in [0.3, 0.4) is 0 Å². The number of hydrogen-bond donors (Lipinski definition) is 1. The highest BCUT2D eigenvalue weighted by Crippen LogP contribution is 2.42. The maximum Gasteiger partial charge on any atom is 0.243 e. The average molecular weight is 411 g/mol. The number of para-hydroxylation sites is 1. The summed E-state index contributed by atoms with van der Waals surface area (Å²) in [5.41, 5.74) is 1.38. The smallest absolute Gasteiger partial charge is 0.243 e. The Morgan fingerprint density at radius 2 is 2.17 bits per heavy atom. The summed E-state index contributed by atoms with van der Waals surface area (Å²) in [6, 6.07) is 9.08. The summed E-state index contributed by atoms with van der Waals surface area (Å²) in [6.07, 6.45) is 3.88. The van der Waals surface area contributed by atoms with Gasteiger partial charge in [-0.25, -0.2) is 4.98 Å². The van der Waals surface area contributed by atoms with Crippen molar-refractivity contribution in [1.29, 1.82) is 0 Å². The first-order valence-corrected chi connectivity index (χ1v) is 10.1. The largest absolute Gasteiger partial charge is 0.493 e. The molecule has 4 rings (SSSR count). The van der Waals surface area contributed by atoms with Gasteiger partial charge in [0.1, 0.15) is 5.69 Å². The number of anilines is 1. The Bertz CT molecular complexity index is 927. The maximum absolute atomic E-state index is 13.0. The summed E-state index contributed by atoms with van der Waals surface area (Å²) >= 11 is 0. The first-order chi connectivity index (χ1) is 14.7. The summed E-state index contributed by atoms with van der Waals surface area (Å²) in [5.74, 6) is 1.13. The lowest BCUT2D eigenvalue weighted by Crippen LogP contribution is -2.34. The van der Waals surface area contributed by atoms with Gasteiger partial charge in [0, 0.05) is 37.8 Å². The molecule has 1 fully saturated rings. The van der Waals surface area contributed by atoms with Gasteiger partial charge in [0.05, 0.1) is 19.8 Å². The van der Waals surface area contributed by atoms with Gasteiger partial charge in [-0.05, 0) is 31.0 Å². The topological polar surface area (TPSA) is 90.0 Å². The second-order valence-electron chi connectivity index (χ2n) is 7.30. The minimum atomic E-state index is -0.171. The number of nitrogens with one attached hydrogen (secondary N) is 1. The standard InChI is InChI=1S/C22H25N3O5/c1-28-18-8-2-5-15-14-25(17-7-3-11-23-22(17)30-21(15)18)20(27)10-9-19(26)24-13-16-6-4-12-29-16/h2-3,5,7-8,11,16H,4,6,9-10,12-14H2,1H3,(H,24,26). The fraction of sp³-hybridized carbons (Fsp3) is 0.409. The van der Waals surface area contributed by atoms with Crippen molar-refractivity contribution < 1.29 is 23.8 Å². The lowest BCUT2D eigenvalue weighted by atomic mass is 10.1. The van der Waals surface area contributed by atoms with Gasteiger partial charge in [-0.2, -0.15) is 0 Å². The Morgan fingerprint density at radius 3 is 2.97 bits per heavy atom. The second-order valence-corrected chi connectivity index (χ2v) is 7.30. The number of benzene rings is 1. The molecule has 0 bridgehead atoms. The highest BCUT2D eigenvalue weighted by molar-refractivity contribution is 5.96. The van der Waals surface area contributed by atoms with Crippen LogP contribution in [0.5, 0.6) is 17.4 Å². The van der Waals surface area contributed by atoms with Crippen LogP contribution >= 0.6 is 0 Å². The van der Waals surface area contributed by atoms with Gasteiger partial charge in [0.2, 0.25) is 17.7 Å². The van der Waals surface area contributed by atoms with E-state index >= 15 is 0 Å². The molecule has 0 saturated carbocycles. The SMILES string of the molecule is COc1cccc2c1Oc1ncccc1N(C(=O)CCC(=O)NCC1CCCO1)C2. The number of rotatable bonds is 6. The number of carbonyl (C=O) groups is 2. The van der Waals surface area contributed by atoms with Gasteiger partial charge in [0.15, 0.2) is 11.5 Å². The third kappa shape index (κ3) is 4.38. The van der Waals surface area contributed by atoms with E-state index in [2.05, 4.69) is 10.3 Å². The molecule has 1 aromatic carbocycles. The number of carbonyl (C=O) groups excluding carboxylic acids is 2. The van der Waals surface area contributed by atoms with Crippen LogP contribution in [0.4, 0.5) is 5.69 Å². The molecule has 2 aromatic rings. The van der Waals surface area contributed by atoms with Crippen LogP contribution < -0.4 is 19.7 Å². The lowest BCUT2D eigenvalue weighted by molar-refractivity contribution is -0.125. The van der Waals surface area contributed by atoms with Crippen molar-refractivity contribution in [1.82, 2.24) is 10.3 Å². The van der Waals surface area contributed by atoms with Crippen molar-refractivity contribution in [3.63, 3.8) is 0 Å². The fourth-order valence-corrected chi connectivity index (χ4v) is 3.68. The number of ether oxygens (including phenoxy) is 3. The van der Waals surface area contributed by atoms with Crippen LogP contribution in [-0.4, -0.2) is 43.2 Å². The molecule has 30 heavy (non-hydrogen) atoms. The molecular formula is C22H25N3O5. The summed E-state index contributed by atoms with van der Waals surface area (Å²) < 4.78 is 16.9. The van der Waals surface area contributed by atoms with Crippen molar-refractivity contribution in [2.45, 2.75) is 38.3 Å². The molecule has 1 N–H and O–H groups in total. The predicted octanol–water partition coefficient (Wildman–Crippen LogP) is 2.80. The molecule has 0 radical (unpaired) electrons. The Morgan fingerprint density at radius 1 is 1.27 bits per heavy atom. The molecular weight excluding hydrogens is 386 g/mol. The molecule has 8 heteroatoms. The van der Waals surface area contributed by atoms with E-state index in [9.17, 15) is 9.59 Å². The highest BCUT2D eigenvalue weighted by atomic mass is 16.5. The summed E-state index contributed by atoms with van der Waals surface area (Å²) in [7, 11) is 1.57. The van der Waals surface area contributed by atoms with Gasteiger partial charge in [-0.3, -0.25) is 9.59 Å². The minimum absolute atomic E-state index is 0.0804. The number of methoxy groups -OCH3 is 1. The molecule has 8 nitrogen and oxygen atoms in total. The van der Waals surface area contributed by atoms with Crippen LogP contribution in [0.1, 0.15) is 31.2 Å².